The molecule has 0 aliphatic carbocycles. The minimum Gasteiger partial charge on any atom is -0.395 e. The van der Waals surface area contributed by atoms with Crippen molar-refractivity contribution >= 4 is 23.4 Å². The third kappa shape index (κ3) is 4.60. The number of nitrogens with two attached hydrogens (primary N) is 1. The Kier molecular flexibility index (Phi) is 5.71. The molecule has 0 spiro atoms. The van der Waals surface area contributed by atoms with Crippen molar-refractivity contribution in [1.29, 1.82) is 0 Å². The number of β-amino-alcohol motifs (C(OH)–C–C–N with tert-alkyl or cyclic N) is 1. The van der Waals surface area contributed by atoms with Crippen LogP contribution >= 0.6 is 11.6 Å². The van der Waals surface area contributed by atoms with Gasteiger partial charge in [0.1, 0.15) is 5.82 Å². The molecule has 130 valence electrons. The van der Waals surface area contributed by atoms with E-state index in [1.54, 1.807) is 6.20 Å². The first kappa shape index (κ1) is 17.5. The lowest BCUT2D eigenvalue weighted by Crippen LogP contribution is -2.47. The molecule has 1 aromatic carbocycles. The summed E-state index contributed by atoms with van der Waals surface area (Å²) in [5, 5.41) is 9.74. The number of nitrogens with zero attached hydrogens (tertiary/aromatic N) is 4. The fourth-order valence-electron chi connectivity index (χ4n) is 2.71. The van der Waals surface area contributed by atoms with E-state index in [-0.39, 0.29) is 12.6 Å². The van der Waals surface area contributed by atoms with Gasteiger partial charge in [-0.15, -0.1) is 0 Å². The molecule has 6 nitrogen and oxygen atoms in total. The SMILES string of the molecule is Nc1ncc(C#Cc2ccc(Cl)cc2)c(N2CCN(CCO)CC2)n1. The lowest BCUT2D eigenvalue weighted by atomic mass is 10.2. The summed E-state index contributed by atoms with van der Waals surface area (Å²) in [6.45, 7) is 4.24. The van der Waals surface area contributed by atoms with E-state index >= 15 is 0 Å². The van der Waals surface area contributed by atoms with E-state index in [2.05, 4.69) is 31.6 Å². The zero-order valence-corrected chi connectivity index (χ0v) is 14.6. The zero-order chi connectivity index (χ0) is 17.6. The predicted molar refractivity (Wildman–Crippen MR) is 99.6 cm³/mol. The van der Waals surface area contributed by atoms with E-state index in [0.29, 0.717) is 11.6 Å². The summed E-state index contributed by atoms with van der Waals surface area (Å²) >= 11 is 5.90. The topological polar surface area (TPSA) is 78.5 Å². The Morgan fingerprint density at radius 3 is 2.52 bits per heavy atom. The number of hydrogen-bond acceptors (Lipinski definition) is 6. The molecule has 0 radical (unpaired) electrons. The Morgan fingerprint density at radius 2 is 1.84 bits per heavy atom. The lowest BCUT2D eigenvalue weighted by molar-refractivity contribution is 0.188. The molecule has 2 aromatic rings. The van der Waals surface area contributed by atoms with Gasteiger partial charge in [-0.05, 0) is 24.3 Å². The van der Waals surface area contributed by atoms with Crippen LogP contribution in [0.15, 0.2) is 30.5 Å². The summed E-state index contributed by atoms with van der Waals surface area (Å²) in [4.78, 5) is 12.9. The quantitative estimate of drug-likeness (QED) is 0.804. The Balaban J connectivity index is 1.81. The highest BCUT2D eigenvalue weighted by Crippen LogP contribution is 2.19. The van der Waals surface area contributed by atoms with Gasteiger partial charge in [-0.3, -0.25) is 4.90 Å². The van der Waals surface area contributed by atoms with Crippen LogP contribution in [0.4, 0.5) is 11.8 Å². The second kappa shape index (κ2) is 8.17. The fourth-order valence-corrected chi connectivity index (χ4v) is 2.84. The van der Waals surface area contributed by atoms with Crippen molar-refractivity contribution in [3.63, 3.8) is 0 Å². The molecule has 0 unspecified atom stereocenters. The van der Waals surface area contributed by atoms with Crippen LogP contribution < -0.4 is 10.6 Å². The van der Waals surface area contributed by atoms with E-state index in [0.717, 1.165) is 43.1 Å². The van der Waals surface area contributed by atoms with Crippen LogP contribution in [0.2, 0.25) is 5.02 Å². The van der Waals surface area contributed by atoms with E-state index in [1.165, 1.54) is 0 Å². The van der Waals surface area contributed by atoms with Gasteiger partial charge in [-0.25, -0.2) is 4.98 Å². The van der Waals surface area contributed by atoms with Gasteiger partial charge in [-0.1, -0.05) is 23.4 Å². The number of aliphatic hydroxyl groups is 1. The maximum absolute atomic E-state index is 9.06. The Labute approximate surface area is 152 Å². The highest BCUT2D eigenvalue weighted by molar-refractivity contribution is 6.30. The molecule has 2 heterocycles. The number of benzene rings is 1. The van der Waals surface area contributed by atoms with Gasteiger partial charge in [0.05, 0.1) is 18.4 Å². The number of aliphatic hydroxyl groups excluding tert-OH is 1. The van der Waals surface area contributed by atoms with E-state index in [9.17, 15) is 0 Å². The molecule has 1 aliphatic rings. The Bertz CT molecular complexity index is 776. The maximum atomic E-state index is 9.06. The summed E-state index contributed by atoms with van der Waals surface area (Å²) in [6, 6.07) is 7.38. The molecular formula is C18H20ClN5O. The molecule has 1 aromatic heterocycles. The summed E-state index contributed by atoms with van der Waals surface area (Å²) in [5.41, 5.74) is 7.40. The molecule has 1 aliphatic heterocycles. The van der Waals surface area contributed by atoms with Crippen molar-refractivity contribution in [2.24, 2.45) is 0 Å². The van der Waals surface area contributed by atoms with Crippen molar-refractivity contribution in [2.75, 3.05) is 50.0 Å². The molecule has 0 amide bonds. The highest BCUT2D eigenvalue weighted by Gasteiger charge is 2.20. The van der Waals surface area contributed by atoms with Crippen LogP contribution in [0, 0.1) is 11.8 Å². The van der Waals surface area contributed by atoms with E-state index in [1.807, 2.05) is 24.3 Å². The van der Waals surface area contributed by atoms with Crippen LogP contribution in [-0.2, 0) is 0 Å². The smallest absolute Gasteiger partial charge is 0.222 e. The standard InChI is InChI=1S/C18H20ClN5O/c19-16-5-2-14(3-6-16)1-4-15-13-21-18(20)22-17(15)24-9-7-23(8-10-24)11-12-25/h2-3,5-6,13,25H,7-12H2,(H2,20,21,22). The average molecular weight is 358 g/mol. The molecule has 1 fully saturated rings. The van der Waals surface area contributed by atoms with Crippen LogP contribution in [0.5, 0.6) is 0 Å². The molecule has 1 saturated heterocycles. The second-order valence-electron chi connectivity index (χ2n) is 5.77. The van der Waals surface area contributed by atoms with Gasteiger partial charge in [0, 0.05) is 43.3 Å². The Hall–Kier alpha value is -2.33. The second-order valence-corrected chi connectivity index (χ2v) is 6.21. The molecule has 0 saturated carbocycles. The molecule has 7 heteroatoms. The minimum absolute atomic E-state index is 0.179. The molecule has 3 rings (SSSR count). The number of rotatable bonds is 3. The number of piperazine rings is 1. The van der Waals surface area contributed by atoms with Gasteiger partial charge in [0.15, 0.2) is 0 Å². The predicted octanol–water partition coefficient (Wildman–Crippen LogP) is 1.23. The number of aromatic nitrogens is 2. The molecule has 0 bridgehead atoms. The highest BCUT2D eigenvalue weighted by atomic mass is 35.5. The molecular weight excluding hydrogens is 338 g/mol. The number of halogens is 1. The minimum atomic E-state index is 0.179. The van der Waals surface area contributed by atoms with Crippen LogP contribution in [0.25, 0.3) is 0 Å². The van der Waals surface area contributed by atoms with Gasteiger partial charge in [-0.2, -0.15) is 4.98 Å². The first-order valence-electron chi connectivity index (χ1n) is 8.14. The van der Waals surface area contributed by atoms with Crippen molar-refractivity contribution in [2.45, 2.75) is 0 Å². The van der Waals surface area contributed by atoms with Crippen LogP contribution in [0.1, 0.15) is 11.1 Å². The summed E-state index contributed by atoms with van der Waals surface area (Å²) in [7, 11) is 0. The number of hydrogen-bond donors (Lipinski definition) is 2. The summed E-state index contributed by atoms with van der Waals surface area (Å²) < 4.78 is 0. The van der Waals surface area contributed by atoms with Crippen molar-refractivity contribution < 1.29 is 5.11 Å². The van der Waals surface area contributed by atoms with Gasteiger partial charge in [0.25, 0.3) is 0 Å². The summed E-state index contributed by atoms with van der Waals surface area (Å²) in [5.74, 6) is 7.26. The van der Waals surface area contributed by atoms with Crippen molar-refractivity contribution in [3.05, 3.63) is 46.6 Å². The molecule has 3 N–H and O–H groups in total. The normalized spacial score (nSPS) is 14.9. The van der Waals surface area contributed by atoms with Crippen LogP contribution in [-0.4, -0.2) is 59.3 Å². The molecule has 0 atom stereocenters. The fraction of sp³-hybridized carbons (Fsp3) is 0.333. The largest absolute Gasteiger partial charge is 0.395 e. The lowest BCUT2D eigenvalue weighted by Gasteiger charge is -2.35. The van der Waals surface area contributed by atoms with Crippen molar-refractivity contribution in [1.82, 2.24) is 14.9 Å². The van der Waals surface area contributed by atoms with Gasteiger partial charge >= 0.3 is 0 Å². The first-order valence-corrected chi connectivity index (χ1v) is 8.52. The number of anilines is 2. The Morgan fingerprint density at radius 1 is 1.12 bits per heavy atom. The summed E-state index contributed by atoms with van der Waals surface area (Å²) in [6.07, 6.45) is 1.67. The van der Waals surface area contributed by atoms with Gasteiger partial charge in [0.2, 0.25) is 5.95 Å². The third-order valence-corrected chi connectivity index (χ3v) is 4.31. The zero-order valence-electron chi connectivity index (χ0n) is 13.8. The van der Waals surface area contributed by atoms with E-state index in [4.69, 9.17) is 22.4 Å². The monoisotopic (exact) mass is 357 g/mol. The average Bonchev–Trinajstić information content (AvgIpc) is 2.63. The maximum Gasteiger partial charge on any atom is 0.222 e. The number of nitrogen functional groups attached to an aromatic ring is 1. The van der Waals surface area contributed by atoms with Gasteiger partial charge < -0.3 is 15.7 Å². The molecule has 25 heavy (non-hydrogen) atoms. The third-order valence-electron chi connectivity index (χ3n) is 4.06. The first-order chi connectivity index (χ1) is 12.2. The van der Waals surface area contributed by atoms with Crippen molar-refractivity contribution in [3.8, 4) is 11.8 Å². The van der Waals surface area contributed by atoms with E-state index < -0.39 is 0 Å². The van der Waals surface area contributed by atoms with Crippen LogP contribution in [0.3, 0.4) is 0 Å².